The van der Waals surface area contributed by atoms with E-state index in [1.54, 1.807) is 19.2 Å². The molecule has 1 aromatic heterocycles. The van der Waals surface area contributed by atoms with E-state index < -0.39 is 11.6 Å². The predicted molar refractivity (Wildman–Crippen MR) is 139 cm³/mol. The smallest absolute Gasteiger partial charge is 0.335 e. The Labute approximate surface area is 211 Å². The molecule has 0 radical (unpaired) electrons. The van der Waals surface area contributed by atoms with Gasteiger partial charge in [0.05, 0.1) is 24.7 Å². The van der Waals surface area contributed by atoms with Gasteiger partial charge in [0.25, 0.3) is 0 Å². The summed E-state index contributed by atoms with van der Waals surface area (Å²) in [4.78, 5) is 26.7. The van der Waals surface area contributed by atoms with E-state index in [0.29, 0.717) is 29.3 Å². The first-order valence-corrected chi connectivity index (χ1v) is 12.8. The SMILES string of the molecule is CCC1(C)CC(=O)c2ccc(OC)c(CCN3CCC(n4ccc5ccc(C(=O)O)cc54)CC3)c2O1. The highest BCUT2D eigenvalue weighted by Gasteiger charge is 2.37. The third kappa shape index (κ3) is 4.48. The predicted octanol–water partition coefficient (Wildman–Crippen LogP) is 5.36. The zero-order valence-corrected chi connectivity index (χ0v) is 21.3. The van der Waals surface area contributed by atoms with Crippen LogP contribution in [0, 0.1) is 0 Å². The van der Waals surface area contributed by atoms with E-state index >= 15 is 0 Å². The number of ketones is 1. The maximum atomic E-state index is 12.9. The number of carbonyl (C=O) groups excluding carboxylic acids is 1. The molecule has 3 heterocycles. The van der Waals surface area contributed by atoms with Gasteiger partial charge in [-0.3, -0.25) is 4.79 Å². The Kier molecular flexibility index (Phi) is 6.51. The molecule has 7 nitrogen and oxygen atoms in total. The number of hydrogen-bond donors (Lipinski definition) is 1. The summed E-state index contributed by atoms with van der Waals surface area (Å²) in [5.74, 6) is 0.695. The van der Waals surface area contributed by atoms with Crippen LogP contribution in [0.5, 0.6) is 11.5 Å². The maximum absolute atomic E-state index is 12.9. The van der Waals surface area contributed by atoms with Crippen molar-refractivity contribution >= 4 is 22.7 Å². The lowest BCUT2D eigenvalue weighted by atomic mass is 9.87. The second-order valence-electron chi connectivity index (χ2n) is 10.3. The number of Topliss-reactive ketones (excluding diaryl/α,β-unsaturated/α-hetero) is 1. The van der Waals surface area contributed by atoms with Crippen LogP contribution in [-0.2, 0) is 6.42 Å². The first kappa shape index (κ1) is 24.4. The fourth-order valence-electron chi connectivity index (χ4n) is 5.58. The molecule has 1 unspecified atom stereocenters. The Balaban J connectivity index is 1.29. The van der Waals surface area contributed by atoms with Crippen molar-refractivity contribution in [2.75, 3.05) is 26.7 Å². The minimum atomic E-state index is -0.900. The average Bonchev–Trinajstić information content (AvgIpc) is 3.31. The number of carboxylic acid groups (broad SMARTS) is 1. The molecular weight excluding hydrogens is 456 g/mol. The number of likely N-dealkylation sites (tertiary alicyclic amines) is 1. The summed E-state index contributed by atoms with van der Waals surface area (Å²) in [5, 5.41) is 10.5. The topological polar surface area (TPSA) is 81.0 Å². The van der Waals surface area contributed by atoms with Crippen LogP contribution < -0.4 is 9.47 Å². The number of benzene rings is 2. The number of fused-ring (bicyclic) bond motifs is 2. The van der Waals surface area contributed by atoms with Gasteiger partial charge >= 0.3 is 5.97 Å². The number of aromatic carboxylic acids is 1. The Morgan fingerprint density at radius 2 is 1.97 bits per heavy atom. The van der Waals surface area contributed by atoms with Crippen LogP contribution >= 0.6 is 0 Å². The fraction of sp³-hybridized carbons (Fsp3) is 0.448. The number of ether oxygens (including phenoxy) is 2. The summed E-state index contributed by atoms with van der Waals surface area (Å²) < 4.78 is 14.3. The van der Waals surface area contributed by atoms with E-state index in [1.807, 2.05) is 25.1 Å². The Hall–Kier alpha value is -3.32. The van der Waals surface area contributed by atoms with Gasteiger partial charge < -0.3 is 24.0 Å². The monoisotopic (exact) mass is 490 g/mol. The molecule has 0 spiro atoms. The summed E-state index contributed by atoms with van der Waals surface area (Å²) in [6.07, 6.45) is 5.99. The van der Waals surface area contributed by atoms with Crippen molar-refractivity contribution in [2.45, 2.75) is 57.6 Å². The molecule has 2 aliphatic rings. The van der Waals surface area contributed by atoms with E-state index in [9.17, 15) is 14.7 Å². The van der Waals surface area contributed by atoms with E-state index in [2.05, 4.69) is 28.7 Å². The standard InChI is InChI=1S/C29H34N2O5/c1-4-29(2)18-25(32)22-7-8-26(35-3)23(27(22)36-29)12-15-30-13-10-21(11-14-30)31-16-9-19-5-6-20(28(33)34)17-24(19)31/h5-9,16-17,21H,4,10-15,18H2,1-3H3,(H,33,34). The molecule has 1 atom stereocenters. The first-order chi connectivity index (χ1) is 17.3. The lowest BCUT2D eigenvalue weighted by Crippen LogP contribution is -2.39. The van der Waals surface area contributed by atoms with Crippen LogP contribution in [0.3, 0.4) is 0 Å². The van der Waals surface area contributed by atoms with Crippen LogP contribution in [0.4, 0.5) is 0 Å². The van der Waals surface area contributed by atoms with Gasteiger partial charge in [0, 0.05) is 43.0 Å². The first-order valence-electron chi connectivity index (χ1n) is 12.8. The molecule has 1 saturated heterocycles. The van der Waals surface area contributed by atoms with Gasteiger partial charge in [-0.25, -0.2) is 4.79 Å². The summed E-state index contributed by atoms with van der Waals surface area (Å²) in [5.41, 5.74) is 2.46. The van der Waals surface area contributed by atoms with Crippen LogP contribution in [0.15, 0.2) is 42.6 Å². The van der Waals surface area contributed by atoms with Gasteiger partial charge in [0.15, 0.2) is 5.78 Å². The molecule has 0 aliphatic carbocycles. The molecule has 2 aromatic carbocycles. The fourth-order valence-corrected chi connectivity index (χ4v) is 5.58. The number of carbonyl (C=O) groups is 2. The quantitative estimate of drug-likeness (QED) is 0.480. The van der Waals surface area contributed by atoms with Crippen LogP contribution in [-0.4, -0.2) is 58.7 Å². The van der Waals surface area contributed by atoms with Gasteiger partial charge in [-0.2, -0.15) is 0 Å². The largest absolute Gasteiger partial charge is 0.496 e. The highest BCUT2D eigenvalue weighted by atomic mass is 16.5. The molecule has 1 fully saturated rings. The van der Waals surface area contributed by atoms with E-state index in [4.69, 9.17) is 9.47 Å². The Morgan fingerprint density at radius 1 is 1.19 bits per heavy atom. The maximum Gasteiger partial charge on any atom is 0.335 e. The van der Waals surface area contributed by atoms with Crippen molar-refractivity contribution in [3.63, 3.8) is 0 Å². The zero-order chi connectivity index (χ0) is 25.4. The highest BCUT2D eigenvalue weighted by molar-refractivity contribution is 6.01. The molecule has 0 bridgehead atoms. The van der Waals surface area contributed by atoms with E-state index in [-0.39, 0.29) is 5.78 Å². The summed E-state index contributed by atoms with van der Waals surface area (Å²) >= 11 is 0. The third-order valence-corrected chi connectivity index (χ3v) is 7.97. The summed E-state index contributed by atoms with van der Waals surface area (Å²) in [6, 6.07) is 11.4. The molecule has 5 rings (SSSR count). The van der Waals surface area contributed by atoms with Crippen LogP contribution in [0.1, 0.15) is 71.9 Å². The Bertz CT molecular complexity index is 1300. The minimum absolute atomic E-state index is 0.135. The highest BCUT2D eigenvalue weighted by Crippen LogP contribution is 2.41. The lowest BCUT2D eigenvalue weighted by molar-refractivity contribution is 0.0487. The molecule has 7 heteroatoms. The van der Waals surface area contributed by atoms with Crippen molar-refractivity contribution in [1.29, 1.82) is 0 Å². The zero-order valence-electron chi connectivity index (χ0n) is 21.3. The summed E-state index contributed by atoms with van der Waals surface area (Å²) in [7, 11) is 1.66. The van der Waals surface area contributed by atoms with Crippen molar-refractivity contribution in [3.8, 4) is 11.5 Å². The second-order valence-corrected chi connectivity index (χ2v) is 10.3. The number of nitrogens with zero attached hydrogens (tertiary/aromatic N) is 2. The van der Waals surface area contributed by atoms with Gasteiger partial charge in [-0.15, -0.1) is 0 Å². The second kappa shape index (κ2) is 9.62. The van der Waals surface area contributed by atoms with E-state index in [0.717, 1.165) is 67.5 Å². The number of aromatic nitrogens is 1. The number of hydrogen-bond acceptors (Lipinski definition) is 5. The number of methoxy groups -OCH3 is 1. The molecule has 0 saturated carbocycles. The van der Waals surface area contributed by atoms with Crippen molar-refractivity contribution in [3.05, 3.63) is 59.3 Å². The minimum Gasteiger partial charge on any atom is -0.496 e. The normalized spacial score (nSPS) is 20.8. The van der Waals surface area contributed by atoms with Crippen molar-refractivity contribution < 1.29 is 24.2 Å². The Morgan fingerprint density at radius 3 is 2.67 bits per heavy atom. The van der Waals surface area contributed by atoms with Crippen molar-refractivity contribution in [2.24, 2.45) is 0 Å². The van der Waals surface area contributed by atoms with Gasteiger partial charge in [0.2, 0.25) is 0 Å². The molecule has 2 aliphatic heterocycles. The van der Waals surface area contributed by atoms with Gasteiger partial charge in [-0.05, 0) is 68.3 Å². The molecule has 36 heavy (non-hydrogen) atoms. The molecule has 3 aromatic rings. The molecule has 190 valence electrons. The molecular formula is C29H34N2O5. The van der Waals surface area contributed by atoms with E-state index in [1.165, 1.54) is 0 Å². The van der Waals surface area contributed by atoms with Gasteiger partial charge in [0.1, 0.15) is 17.1 Å². The number of rotatable bonds is 7. The summed E-state index contributed by atoms with van der Waals surface area (Å²) in [6.45, 7) is 6.82. The number of carboxylic acids is 1. The average molecular weight is 491 g/mol. The van der Waals surface area contributed by atoms with Crippen molar-refractivity contribution in [1.82, 2.24) is 9.47 Å². The number of piperidine rings is 1. The lowest BCUT2D eigenvalue weighted by Gasteiger charge is -2.36. The molecule has 0 amide bonds. The van der Waals surface area contributed by atoms with Crippen LogP contribution in [0.2, 0.25) is 0 Å². The van der Waals surface area contributed by atoms with Gasteiger partial charge in [-0.1, -0.05) is 13.0 Å². The molecule has 1 N–H and O–H groups in total. The van der Waals surface area contributed by atoms with Crippen LogP contribution in [0.25, 0.3) is 10.9 Å². The third-order valence-electron chi connectivity index (χ3n) is 7.97.